The van der Waals surface area contributed by atoms with Crippen LogP contribution in [-0.4, -0.2) is 5.84 Å². The standard InChI is InChI=1S/C13H8BrCl2FN2O/c14-8-4-9(16)10(17)5-12(8)20-11-3-6(15)1-2-7(11)13(18)19/h1-5H,(H3,18,19). The largest absolute Gasteiger partial charge is 0.455 e. The molecule has 0 radical (unpaired) electrons. The van der Waals surface area contributed by atoms with Gasteiger partial charge in [-0.25, -0.2) is 4.39 Å². The van der Waals surface area contributed by atoms with Crippen LogP contribution in [0.3, 0.4) is 0 Å². The van der Waals surface area contributed by atoms with E-state index in [1.807, 2.05) is 0 Å². The van der Waals surface area contributed by atoms with Crippen LogP contribution in [0.1, 0.15) is 5.56 Å². The summed E-state index contributed by atoms with van der Waals surface area (Å²) in [6.45, 7) is 0. The zero-order valence-corrected chi connectivity index (χ0v) is 13.0. The lowest BCUT2D eigenvalue weighted by molar-refractivity contribution is 0.472. The molecule has 2 aromatic carbocycles. The lowest BCUT2D eigenvalue weighted by Crippen LogP contribution is -2.12. The van der Waals surface area contributed by atoms with Crippen molar-refractivity contribution in [3.05, 3.63) is 56.2 Å². The highest BCUT2D eigenvalue weighted by Crippen LogP contribution is 2.35. The number of nitrogens with two attached hydrogens (primary N) is 1. The first-order valence-corrected chi connectivity index (χ1v) is 6.89. The first-order valence-electron chi connectivity index (χ1n) is 5.35. The lowest BCUT2D eigenvalue weighted by atomic mass is 10.2. The normalized spacial score (nSPS) is 10.4. The van der Waals surface area contributed by atoms with Gasteiger partial charge in [-0.1, -0.05) is 23.2 Å². The molecule has 7 heteroatoms. The first kappa shape index (κ1) is 15.1. The molecule has 0 saturated carbocycles. The van der Waals surface area contributed by atoms with E-state index in [0.717, 1.165) is 6.07 Å². The maximum absolute atomic E-state index is 13.5. The average molecular weight is 378 g/mol. The Labute approximate surface area is 133 Å². The Bertz CT molecular complexity index is 694. The highest BCUT2D eigenvalue weighted by molar-refractivity contribution is 9.10. The maximum atomic E-state index is 13.5. The van der Waals surface area contributed by atoms with Crippen LogP contribution in [0.5, 0.6) is 11.5 Å². The molecule has 0 fully saturated rings. The van der Waals surface area contributed by atoms with Crippen molar-refractivity contribution in [1.82, 2.24) is 0 Å². The second kappa shape index (κ2) is 5.99. The molecule has 0 atom stereocenters. The van der Waals surface area contributed by atoms with Gasteiger partial charge in [0.1, 0.15) is 23.2 Å². The van der Waals surface area contributed by atoms with Gasteiger partial charge >= 0.3 is 0 Å². The minimum atomic E-state index is -0.615. The molecule has 0 saturated heterocycles. The molecule has 0 aliphatic carbocycles. The van der Waals surface area contributed by atoms with Gasteiger partial charge in [0, 0.05) is 17.2 Å². The molecule has 0 unspecified atom stereocenters. The minimum Gasteiger partial charge on any atom is -0.455 e. The molecule has 0 heterocycles. The van der Waals surface area contributed by atoms with Crippen molar-refractivity contribution in [1.29, 1.82) is 5.41 Å². The number of amidine groups is 1. The Morgan fingerprint density at radius 2 is 1.90 bits per heavy atom. The van der Waals surface area contributed by atoms with Crippen molar-refractivity contribution in [3.8, 4) is 11.5 Å². The smallest absolute Gasteiger partial charge is 0.145 e. The van der Waals surface area contributed by atoms with Crippen molar-refractivity contribution in [2.45, 2.75) is 0 Å². The highest BCUT2D eigenvalue weighted by atomic mass is 79.9. The summed E-state index contributed by atoms with van der Waals surface area (Å²) in [4.78, 5) is 0. The Kier molecular flexibility index (Phi) is 4.52. The monoisotopic (exact) mass is 376 g/mol. The van der Waals surface area contributed by atoms with Crippen LogP contribution in [0.2, 0.25) is 10.0 Å². The van der Waals surface area contributed by atoms with Gasteiger partial charge in [-0.15, -0.1) is 0 Å². The number of benzene rings is 2. The van der Waals surface area contributed by atoms with Gasteiger partial charge < -0.3 is 10.5 Å². The van der Waals surface area contributed by atoms with E-state index in [1.165, 1.54) is 12.1 Å². The van der Waals surface area contributed by atoms with Crippen LogP contribution in [0.15, 0.2) is 34.8 Å². The molecule has 20 heavy (non-hydrogen) atoms. The Morgan fingerprint density at radius 3 is 2.55 bits per heavy atom. The fourth-order valence-corrected chi connectivity index (χ4v) is 2.39. The molecule has 0 amide bonds. The number of halogens is 4. The van der Waals surface area contributed by atoms with Gasteiger partial charge in [-0.3, -0.25) is 5.41 Å². The van der Waals surface area contributed by atoms with Gasteiger partial charge in [0.15, 0.2) is 0 Å². The Morgan fingerprint density at radius 1 is 1.20 bits per heavy atom. The van der Waals surface area contributed by atoms with Gasteiger partial charge in [0.05, 0.1) is 15.1 Å². The maximum Gasteiger partial charge on any atom is 0.145 e. The topological polar surface area (TPSA) is 59.1 Å². The summed E-state index contributed by atoms with van der Waals surface area (Å²) in [5.74, 6) is -0.331. The van der Waals surface area contributed by atoms with E-state index < -0.39 is 5.82 Å². The summed E-state index contributed by atoms with van der Waals surface area (Å²) in [7, 11) is 0. The fourth-order valence-electron chi connectivity index (χ4n) is 1.50. The number of ether oxygens (including phenoxy) is 1. The zero-order valence-electron chi connectivity index (χ0n) is 9.88. The van der Waals surface area contributed by atoms with E-state index in [9.17, 15) is 4.39 Å². The molecule has 2 rings (SSSR count). The zero-order chi connectivity index (χ0) is 14.9. The quantitative estimate of drug-likeness (QED) is 0.450. The first-order chi connectivity index (χ1) is 9.38. The second-order valence-electron chi connectivity index (χ2n) is 3.85. The van der Waals surface area contributed by atoms with Crippen LogP contribution in [0, 0.1) is 11.2 Å². The molecule has 3 nitrogen and oxygen atoms in total. The van der Waals surface area contributed by atoms with Crippen LogP contribution >= 0.6 is 39.1 Å². The number of hydrogen-bond donors (Lipinski definition) is 2. The third-order valence-corrected chi connectivity index (χ3v) is 3.57. The van der Waals surface area contributed by atoms with E-state index >= 15 is 0 Å². The molecule has 3 N–H and O–H groups in total. The summed E-state index contributed by atoms with van der Waals surface area (Å²) in [5, 5.41) is 7.88. The predicted molar refractivity (Wildman–Crippen MR) is 81.7 cm³/mol. The molecule has 0 aliphatic rings. The van der Waals surface area contributed by atoms with Gasteiger partial charge in [-0.2, -0.15) is 0 Å². The van der Waals surface area contributed by atoms with Gasteiger partial charge in [0.25, 0.3) is 0 Å². The molecule has 104 valence electrons. The number of nitrogens with one attached hydrogen (secondary N) is 1. The SMILES string of the molecule is N=C(N)c1ccc(Cl)cc1Oc1cc(F)c(Cl)cc1Br. The molecule has 0 bridgehead atoms. The van der Waals surface area contributed by atoms with Crippen molar-refractivity contribution < 1.29 is 9.13 Å². The summed E-state index contributed by atoms with van der Waals surface area (Å²) >= 11 is 14.8. The van der Waals surface area contributed by atoms with Crippen molar-refractivity contribution >= 4 is 45.0 Å². The van der Waals surface area contributed by atoms with Gasteiger partial charge in [0.2, 0.25) is 0 Å². The fraction of sp³-hybridized carbons (Fsp3) is 0. The second-order valence-corrected chi connectivity index (χ2v) is 5.55. The molecule has 0 aliphatic heterocycles. The van der Waals surface area contributed by atoms with Crippen LogP contribution in [0.25, 0.3) is 0 Å². The number of nitrogen functional groups attached to an aromatic ring is 1. The van der Waals surface area contributed by atoms with E-state index in [4.69, 9.17) is 39.1 Å². The van der Waals surface area contributed by atoms with Crippen molar-refractivity contribution in [2.24, 2.45) is 5.73 Å². The van der Waals surface area contributed by atoms with E-state index in [1.54, 1.807) is 12.1 Å². The number of rotatable bonds is 3. The summed E-state index contributed by atoms with van der Waals surface area (Å²) in [5.41, 5.74) is 5.82. The lowest BCUT2D eigenvalue weighted by Gasteiger charge is -2.12. The number of hydrogen-bond acceptors (Lipinski definition) is 2. The molecule has 0 spiro atoms. The summed E-state index contributed by atoms with van der Waals surface area (Å²) in [6.07, 6.45) is 0. The van der Waals surface area contributed by atoms with Crippen LogP contribution in [-0.2, 0) is 0 Å². The third-order valence-electron chi connectivity index (χ3n) is 2.43. The minimum absolute atomic E-state index is 0.0258. The van der Waals surface area contributed by atoms with Crippen molar-refractivity contribution in [2.75, 3.05) is 0 Å². The summed E-state index contributed by atoms with van der Waals surface area (Å²) in [6, 6.07) is 7.15. The van der Waals surface area contributed by atoms with E-state index in [-0.39, 0.29) is 22.4 Å². The average Bonchev–Trinajstić information content (AvgIpc) is 2.35. The van der Waals surface area contributed by atoms with E-state index in [0.29, 0.717) is 15.1 Å². The Hall–Kier alpha value is -1.30. The van der Waals surface area contributed by atoms with Crippen molar-refractivity contribution in [3.63, 3.8) is 0 Å². The van der Waals surface area contributed by atoms with Gasteiger partial charge in [-0.05, 0) is 34.1 Å². The molecular weight excluding hydrogens is 370 g/mol. The Balaban J connectivity index is 2.47. The predicted octanol–water partition coefficient (Wildman–Crippen LogP) is 4.97. The molecule has 2 aromatic rings. The molecule has 0 aromatic heterocycles. The highest BCUT2D eigenvalue weighted by Gasteiger charge is 2.13. The third kappa shape index (κ3) is 3.23. The van der Waals surface area contributed by atoms with Crippen LogP contribution in [0.4, 0.5) is 4.39 Å². The van der Waals surface area contributed by atoms with Crippen LogP contribution < -0.4 is 10.5 Å². The summed E-state index contributed by atoms with van der Waals surface area (Å²) < 4.78 is 19.5. The van der Waals surface area contributed by atoms with E-state index in [2.05, 4.69) is 15.9 Å². The molecular formula is C13H8BrCl2FN2O.